The fourth-order valence-corrected chi connectivity index (χ4v) is 15.9. The predicted molar refractivity (Wildman–Crippen MR) is 460 cm³/mol. The highest BCUT2D eigenvalue weighted by Crippen LogP contribution is 2.50. The molecule has 7 aliphatic rings. The number of aromatic nitrogens is 2. The van der Waals surface area contributed by atoms with Crippen LogP contribution in [0.15, 0.2) is 126 Å². The number of anilines is 1. The van der Waals surface area contributed by atoms with Crippen molar-refractivity contribution < 1.29 is 122 Å². The van der Waals surface area contributed by atoms with Crippen molar-refractivity contribution in [2.45, 2.75) is 169 Å². The summed E-state index contributed by atoms with van der Waals surface area (Å²) >= 11 is 20.4. The number of aliphatic hydroxyl groups is 6. The van der Waals surface area contributed by atoms with E-state index in [-0.39, 0.29) is 66.7 Å². The lowest BCUT2D eigenvalue weighted by Crippen LogP contribution is -2.65. The van der Waals surface area contributed by atoms with Crippen LogP contribution in [-0.4, -0.2) is 240 Å². The summed E-state index contributed by atoms with van der Waals surface area (Å²) in [7, 11) is 5.05. The summed E-state index contributed by atoms with van der Waals surface area (Å²) in [6, 6.07) is 7.76. The van der Waals surface area contributed by atoms with E-state index < -0.39 is 254 Å². The van der Waals surface area contributed by atoms with Crippen molar-refractivity contribution >= 4 is 99.9 Å². The van der Waals surface area contributed by atoms with Gasteiger partial charge in [0.05, 0.1) is 47.9 Å². The van der Waals surface area contributed by atoms with Gasteiger partial charge in [-0.15, -0.1) is 0 Å². The fraction of sp³-hybridized carbons (Fsp3) is 0.407. The molecule has 8 heterocycles. The van der Waals surface area contributed by atoms with Gasteiger partial charge in [0.15, 0.2) is 23.9 Å². The third kappa shape index (κ3) is 23.0. The van der Waals surface area contributed by atoms with E-state index in [1.807, 2.05) is 18.7 Å². The molecule has 9 amide bonds. The van der Waals surface area contributed by atoms with Gasteiger partial charge in [0.1, 0.15) is 101 Å². The summed E-state index contributed by atoms with van der Waals surface area (Å²) in [6.07, 6.45) is -15.0. The second kappa shape index (κ2) is 41.8. The lowest BCUT2D eigenvalue weighted by Gasteiger charge is -2.48. The summed E-state index contributed by atoms with van der Waals surface area (Å²) in [4.78, 5) is 158. The Kier molecular flexibility index (Phi) is 31.3. The van der Waals surface area contributed by atoms with Crippen LogP contribution < -0.4 is 79.0 Å². The molecule has 6 aromatic carbocycles. The molecule has 0 spiro atoms. The molecule has 18 unspecified atom stereocenters. The van der Waals surface area contributed by atoms with E-state index >= 15 is 24.0 Å². The average Bonchev–Trinajstić information content (AvgIpc) is 0.762. The lowest BCUT2D eigenvalue weighted by atomic mass is 9.85. The smallest absolute Gasteiger partial charge is 0.349 e. The molecule has 43 heteroatoms. The minimum absolute atomic E-state index is 0.0342. The number of halogens is 3. The highest BCUT2D eigenvalue weighted by Gasteiger charge is 2.52. The SMILES string of the molecule is CNC(CC(C)C)C(=O)NC1C(=O)NC(CC(N)=O)C(=O)NC2C(=O)NC3C(=O)NC(C(=O)NC(C(=O)NOCCCN(C)C)c4cc(O)cc(O)c4-c4cc3ccc4O)C(O)c3ccc(c(Cl)c3)Oc3cc2cc(c3OC2OC(CO)C(O)C(O)C2OC2CC(C)(NCCn3ccc(NC(=O)C=Cc4ccc(Cl)cc4)nc3=O)C(O)C(C)O2)Oc2ccc(cc2Cl)C1O. The molecule has 0 aliphatic carbocycles. The summed E-state index contributed by atoms with van der Waals surface area (Å²) in [5, 5.41) is 130. The number of carbonyl (C=O) groups excluding carboxylic acids is 9. The van der Waals surface area contributed by atoms with Gasteiger partial charge in [-0.25, -0.2) is 10.3 Å². The largest absolute Gasteiger partial charge is 0.508 e. The molecule has 2 fully saturated rings. The Morgan fingerprint density at radius 1 is 0.736 bits per heavy atom. The minimum atomic E-state index is -2.39. The molecule has 0 radical (unpaired) electrons. The monoisotopic (exact) mass is 1850 g/mol. The minimum Gasteiger partial charge on any atom is -0.508 e. The molecule has 14 rings (SSSR count). The number of hydroxylamine groups is 1. The van der Waals surface area contributed by atoms with Crippen LogP contribution in [0.25, 0.3) is 17.2 Å². The average molecular weight is 1850 g/mol. The van der Waals surface area contributed by atoms with Crippen LogP contribution in [0.4, 0.5) is 5.82 Å². The van der Waals surface area contributed by atoms with Gasteiger partial charge in [-0.05, 0) is 173 Å². The number of carbonyl (C=O) groups is 9. The van der Waals surface area contributed by atoms with Gasteiger partial charge in [-0.3, -0.25) is 52.6 Å². The van der Waals surface area contributed by atoms with Crippen molar-refractivity contribution in [1.82, 2.24) is 62.5 Å². The van der Waals surface area contributed by atoms with Gasteiger partial charge in [0, 0.05) is 59.5 Å². The molecular formula is C86H99Cl3N14O26. The van der Waals surface area contributed by atoms with E-state index in [9.17, 15) is 69.9 Å². The van der Waals surface area contributed by atoms with Gasteiger partial charge in [0.25, 0.3) is 5.91 Å². The second-order valence-corrected chi connectivity index (χ2v) is 33.6. The van der Waals surface area contributed by atoms with Crippen LogP contribution in [-0.2, 0) is 68.7 Å². The Labute approximate surface area is 752 Å². The molecular weight excluding hydrogens is 1750 g/mol. The Balaban J connectivity index is 0.994. The number of benzene rings is 6. The number of aliphatic hydroxyl groups excluding tert-OH is 6. The number of nitrogens with one attached hydrogen (secondary N) is 10. The fourth-order valence-electron chi connectivity index (χ4n) is 15.3. The zero-order valence-electron chi connectivity index (χ0n) is 70.4. The molecule has 7 aromatic rings. The molecule has 7 aliphatic heterocycles. The topological polar surface area (TPSA) is 585 Å². The first-order chi connectivity index (χ1) is 61.3. The van der Waals surface area contributed by atoms with Crippen molar-refractivity contribution in [1.29, 1.82) is 0 Å². The Morgan fingerprint density at radius 3 is 2.02 bits per heavy atom. The second-order valence-electron chi connectivity index (χ2n) is 32.3. The number of likely N-dealkylation sites (N-methyl/N-ethyl adjacent to an activating group) is 1. The van der Waals surface area contributed by atoms with Gasteiger partial charge < -0.3 is 133 Å². The summed E-state index contributed by atoms with van der Waals surface area (Å²) in [5.41, 5.74) is 3.95. The van der Waals surface area contributed by atoms with Crippen LogP contribution in [0.1, 0.15) is 117 Å². The summed E-state index contributed by atoms with van der Waals surface area (Å²) < 4.78 is 40.7. The van der Waals surface area contributed by atoms with E-state index in [1.165, 1.54) is 61.2 Å². The molecule has 1 aromatic heterocycles. The predicted octanol–water partition coefficient (Wildman–Crippen LogP) is 2.21. The number of fused-ring (bicyclic) bond motifs is 15. The molecule has 40 nitrogen and oxygen atoms in total. The number of hydrogen-bond acceptors (Lipinski definition) is 30. The number of aromatic hydroxyl groups is 3. The van der Waals surface area contributed by atoms with Crippen molar-refractivity contribution in [2.24, 2.45) is 11.7 Å². The van der Waals surface area contributed by atoms with Crippen LogP contribution in [0.5, 0.6) is 46.0 Å². The third-order valence-electron chi connectivity index (χ3n) is 22.1. The molecule has 21 N–H and O–H groups in total. The number of rotatable bonds is 25. The summed E-state index contributed by atoms with van der Waals surface area (Å²) in [6.45, 7) is 6.01. The maximum atomic E-state index is 16.4. The highest BCUT2D eigenvalue weighted by molar-refractivity contribution is 6.32. The maximum Gasteiger partial charge on any atom is 0.349 e. The number of ether oxygens (including phenoxy) is 6. The number of hydrogen-bond donors (Lipinski definition) is 20. The van der Waals surface area contributed by atoms with Gasteiger partial charge in [-0.1, -0.05) is 79.0 Å². The molecule has 0 saturated carbocycles. The van der Waals surface area contributed by atoms with Crippen molar-refractivity contribution in [3.05, 3.63) is 180 Å². The van der Waals surface area contributed by atoms with Gasteiger partial charge in [-0.2, -0.15) is 4.98 Å². The standard InChI is InChI=1S/C86H99Cl3N14O26/c1-38(2)27-51(91-5)77(115)99-68-70(110)42-13-18-55(49(88)29-42)125-57-31-44-32-58(74(57)129-84-75(73(113)72(112)59(37-104)127-84)128-63-36-86(4,76(114)39(3)124-63)92-22-25-103-24-21-61(95-85(103)122)94-62(109)20-11-40-9-15-45(87)16-10-40)126-56-19-14-43(30-50(56)89)71(111)69-82(120)98-67(83(121)101-123-26-8-23-102(6)7)48-33-46(105)34-54(107)64(48)47-28-41(12-17-53(47)106)65(79(117)100-69)97-80(118)66(44)96-78(116)52(35-60(90)108)93-81(68)119/h9-21,24,28-34,38-39,51-52,59,63,65-73,75-76,84,91-92,104-107,110-114H,8,22-23,25-27,35-37H2,1-7H3,(H2,90,108)(H,93,119)(H,96,116)(H,97,118)(H,98,120)(H,99,115)(H,100,117)(H,101,121)(H,94,95,109,122). The number of phenolic OH excluding ortho intramolecular Hbond substituents is 3. The van der Waals surface area contributed by atoms with Crippen LogP contribution in [0.3, 0.4) is 0 Å². The number of nitrogens with two attached hydrogens (primary N) is 1. The van der Waals surface area contributed by atoms with E-state index in [1.54, 1.807) is 45.3 Å². The normalized spacial score (nSPS) is 25.6. The van der Waals surface area contributed by atoms with Crippen LogP contribution in [0.2, 0.25) is 15.1 Å². The van der Waals surface area contributed by atoms with E-state index in [4.69, 9.17) is 73.8 Å². The molecule has 690 valence electrons. The van der Waals surface area contributed by atoms with Gasteiger partial charge in [0.2, 0.25) is 59.3 Å². The maximum absolute atomic E-state index is 16.4. The lowest BCUT2D eigenvalue weighted by molar-refractivity contribution is -0.334. The Bertz CT molecular complexity index is 5460. The molecule has 11 bridgehead atoms. The van der Waals surface area contributed by atoms with Crippen molar-refractivity contribution in [2.75, 3.05) is 52.8 Å². The molecule has 18 atom stereocenters. The van der Waals surface area contributed by atoms with Crippen molar-refractivity contribution in [3.8, 4) is 57.1 Å². The zero-order chi connectivity index (χ0) is 93.3. The van der Waals surface area contributed by atoms with Crippen LogP contribution >= 0.6 is 34.8 Å². The number of phenols is 3. The third-order valence-corrected chi connectivity index (χ3v) is 22.9. The number of primary amides is 1. The van der Waals surface area contributed by atoms with Crippen LogP contribution in [0, 0.1) is 5.92 Å². The highest BCUT2D eigenvalue weighted by atomic mass is 35.5. The molecule has 129 heavy (non-hydrogen) atoms. The summed E-state index contributed by atoms with van der Waals surface area (Å²) in [5.74, 6) is -16.1. The van der Waals surface area contributed by atoms with Crippen molar-refractivity contribution in [3.63, 3.8) is 0 Å². The first kappa shape index (κ1) is 96.4. The van der Waals surface area contributed by atoms with E-state index in [2.05, 4.69) is 58.3 Å². The number of nitrogens with zero attached hydrogens (tertiary/aromatic N) is 3. The van der Waals surface area contributed by atoms with E-state index in [0.29, 0.717) is 23.6 Å². The quantitative estimate of drug-likeness (QED) is 0.0222. The Morgan fingerprint density at radius 2 is 1.39 bits per heavy atom. The first-order valence-electron chi connectivity index (χ1n) is 40.9. The number of amides is 9. The zero-order valence-corrected chi connectivity index (χ0v) is 72.7. The Hall–Kier alpha value is -11.7. The first-order valence-corrected chi connectivity index (χ1v) is 42.0. The van der Waals surface area contributed by atoms with E-state index in [0.717, 1.165) is 60.7 Å². The van der Waals surface area contributed by atoms with Gasteiger partial charge >= 0.3 is 5.69 Å². The molecule has 2 saturated heterocycles.